The lowest BCUT2D eigenvalue weighted by atomic mass is 10.1. The zero-order valence-corrected chi connectivity index (χ0v) is 13.7. The Morgan fingerprint density at radius 3 is 2.57 bits per heavy atom. The summed E-state index contributed by atoms with van der Waals surface area (Å²) in [5.41, 5.74) is 1.31. The molecule has 3 N–H and O–H groups in total. The number of anilines is 1. The summed E-state index contributed by atoms with van der Waals surface area (Å²) in [4.78, 5) is 23.8. The molecule has 2 aliphatic rings. The van der Waals surface area contributed by atoms with E-state index in [4.69, 9.17) is 4.74 Å². The minimum absolute atomic E-state index is 0. The molecule has 7 heteroatoms. The topological polar surface area (TPSA) is 79.5 Å². The smallest absolute Gasteiger partial charge is 0.251 e. The van der Waals surface area contributed by atoms with Gasteiger partial charge in [-0.2, -0.15) is 0 Å². The van der Waals surface area contributed by atoms with Gasteiger partial charge in [-0.3, -0.25) is 9.59 Å². The number of morpholine rings is 1. The predicted octanol–water partition coefficient (Wildman–Crippen LogP) is 1.32. The first-order valence-corrected chi connectivity index (χ1v) is 7.74. The Balaban J connectivity index is 0.00000192. The van der Waals surface area contributed by atoms with Crippen molar-refractivity contribution in [2.75, 3.05) is 25.0 Å². The fraction of sp³-hybridized carbons (Fsp3) is 0.500. The van der Waals surface area contributed by atoms with Gasteiger partial charge in [0.25, 0.3) is 5.91 Å². The molecule has 1 aliphatic carbocycles. The Morgan fingerprint density at radius 1 is 1.22 bits per heavy atom. The SMILES string of the molecule is Cl.O=C(CC1CNCCO1)Nc1ccc(C(=O)NC2CC2)cc1. The van der Waals surface area contributed by atoms with Crippen molar-refractivity contribution in [3.8, 4) is 0 Å². The fourth-order valence-corrected chi connectivity index (χ4v) is 2.37. The van der Waals surface area contributed by atoms with Crippen molar-refractivity contribution in [2.45, 2.75) is 31.4 Å². The van der Waals surface area contributed by atoms with Gasteiger partial charge < -0.3 is 20.7 Å². The van der Waals surface area contributed by atoms with Crippen molar-refractivity contribution in [3.63, 3.8) is 0 Å². The Hall–Kier alpha value is -1.63. The van der Waals surface area contributed by atoms with Gasteiger partial charge in [0.1, 0.15) is 0 Å². The van der Waals surface area contributed by atoms with Crippen LogP contribution in [-0.2, 0) is 9.53 Å². The summed E-state index contributed by atoms with van der Waals surface area (Å²) in [7, 11) is 0. The number of rotatable bonds is 5. The maximum Gasteiger partial charge on any atom is 0.251 e. The summed E-state index contributed by atoms with van der Waals surface area (Å²) in [6.45, 7) is 2.18. The van der Waals surface area contributed by atoms with E-state index in [0.717, 1.165) is 19.4 Å². The van der Waals surface area contributed by atoms with Gasteiger partial charge in [-0.25, -0.2) is 0 Å². The number of halogens is 1. The van der Waals surface area contributed by atoms with Crippen LogP contribution < -0.4 is 16.0 Å². The van der Waals surface area contributed by atoms with Crippen molar-refractivity contribution in [2.24, 2.45) is 0 Å². The van der Waals surface area contributed by atoms with Crippen molar-refractivity contribution in [1.29, 1.82) is 0 Å². The second-order valence-corrected chi connectivity index (χ2v) is 5.77. The van der Waals surface area contributed by atoms with Crippen LogP contribution in [0.25, 0.3) is 0 Å². The van der Waals surface area contributed by atoms with Crippen molar-refractivity contribution < 1.29 is 14.3 Å². The molecule has 0 spiro atoms. The van der Waals surface area contributed by atoms with Crippen LogP contribution in [-0.4, -0.2) is 43.7 Å². The van der Waals surface area contributed by atoms with Crippen molar-refractivity contribution >= 4 is 29.9 Å². The standard InChI is InChI=1S/C16H21N3O3.ClH/c20-15(9-14-10-17-7-8-22-14)18-12-3-1-11(2-4-12)16(21)19-13-5-6-13;/h1-4,13-14,17H,5-10H2,(H,18,20)(H,19,21);1H. The Labute approximate surface area is 141 Å². The lowest BCUT2D eigenvalue weighted by Gasteiger charge is -2.23. The molecule has 0 bridgehead atoms. The maximum atomic E-state index is 12.0. The van der Waals surface area contributed by atoms with E-state index in [1.807, 2.05) is 0 Å². The van der Waals surface area contributed by atoms with Crippen LogP contribution in [0.4, 0.5) is 5.69 Å². The predicted molar refractivity (Wildman–Crippen MR) is 90.0 cm³/mol. The van der Waals surface area contributed by atoms with Gasteiger partial charge in [0, 0.05) is 30.4 Å². The van der Waals surface area contributed by atoms with E-state index in [0.29, 0.717) is 36.9 Å². The first-order chi connectivity index (χ1) is 10.7. The van der Waals surface area contributed by atoms with Crippen LogP contribution in [0, 0.1) is 0 Å². The number of carbonyl (C=O) groups is 2. The van der Waals surface area contributed by atoms with Crippen LogP contribution in [0.3, 0.4) is 0 Å². The molecule has 1 unspecified atom stereocenters. The van der Waals surface area contributed by atoms with Gasteiger partial charge in [0.2, 0.25) is 5.91 Å². The molecule has 1 aromatic carbocycles. The molecule has 0 aromatic heterocycles. The molecular formula is C16H22ClN3O3. The number of ether oxygens (including phenoxy) is 1. The monoisotopic (exact) mass is 339 g/mol. The lowest BCUT2D eigenvalue weighted by Crippen LogP contribution is -2.40. The first-order valence-electron chi connectivity index (χ1n) is 7.74. The minimum atomic E-state index is -0.0797. The summed E-state index contributed by atoms with van der Waals surface area (Å²) in [5.74, 6) is -0.133. The molecule has 23 heavy (non-hydrogen) atoms. The van der Waals surface area contributed by atoms with Gasteiger partial charge in [-0.1, -0.05) is 0 Å². The Bertz CT molecular complexity index is 540. The summed E-state index contributed by atoms with van der Waals surface area (Å²) in [6, 6.07) is 7.30. The largest absolute Gasteiger partial charge is 0.375 e. The number of hydrogen-bond acceptors (Lipinski definition) is 4. The summed E-state index contributed by atoms with van der Waals surface area (Å²) in [6.07, 6.45) is 2.39. The highest BCUT2D eigenvalue weighted by Crippen LogP contribution is 2.19. The molecule has 6 nitrogen and oxygen atoms in total. The normalized spacial score (nSPS) is 20.3. The first kappa shape index (κ1) is 17.7. The number of benzene rings is 1. The quantitative estimate of drug-likeness (QED) is 0.756. The Morgan fingerprint density at radius 2 is 1.96 bits per heavy atom. The second kappa shape index (κ2) is 8.29. The molecule has 0 radical (unpaired) electrons. The number of carbonyl (C=O) groups excluding carboxylic acids is 2. The molecular weight excluding hydrogens is 318 g/mol. The van der Waals surface area contributed by atoms with Crippen molar-refractivity contribution in [3.05, 3.63) is 29.8 Å². The summed E-state index contributed by atoms with van der Waals surface area (Å²) >= 11 is 0. The van der Waals surface area contributed by atoms with E-state index in [2.05, 4.69) is 16.0 Å². The van der Waals surface area contributed by atoms with Crippen LogP contribution in [0.2, 0.25) is 0 Å². The number of nitrogens with one attached hydrogen (secondary N) is 3. The molecule has 1 saturated carbocycles. The maximum absolute atomic E-state index is 12.0. The van der Waals surface area contributed by atoms with Crippen LogP contribution in [0.1, 0.15) is 29.6 Å². The fourth-order valence-electron chi connectivity index (χ4n) is 2.37. The molecule has 1 atom stereocenters. The van der Waals surface area contributed by atoms with E-state index in [1.165, 1.54) is 0 Å². The van der Waals surface area contributed by atoms with Crippen molar-refractivity contribution in [1.82, 2.24) is 10.6 Å². The molecule has 1 aliphatic heterocycles. The molecule has 1 heterocycles. The van der Waals surface area contributed by atoms with Gasteiger partial charge in [-0.15, -0.1) is 12.4 Å². The highest BCUT2D eigenvalue weighted by molar-refractivity contribution is 5.96. The van der Waals surface area contributed by atoms with Crippen LogP contribution in [0.5, 0.6) is 0 Å². The lowest BCUT2D eigenvalue weighted by molar-refractivity contribution is -0.119. The van der Waals surface area contributed by atoms with E-state index < -0.39 is 0 Å². The second-order valence-electron chi connectivity index (χ2n) is 5.77. The van der Waals surface area contributed by atoms with Crippen LogP contribution in [0.15, 0.2) is 24.3 Å². The minimum Gasteiger partial charge on any atom is -0.375 e. The van der Waals surface area contributed by atoms with E-state index >= 15 is 0 Å². The average Bonchev–Trinajstić information content (AvgIpc) is 3.33. The van der Waals surface area contributed by atoms with Crippen LogP contribution >= 0.6 is 12.4 Å². The van der Waals surface area contributed by atoms with E-state index in [1.54, 1.807) is 24.3 Å². The van der Waals surface area contributed by atoms with Gasteiger partial charge in [-0.05, 0) is 37.1 Å². The zero-order valence-electron chi connectivity index (χ0n) is 12.8. The molecule has 1 aromatic rings. The zero-order chi connectivity index (χ0) is 15.4. The Kier molecular flexibility index (Phi) is 6.38. The summed E-state index contributed by atoms with van der Waals surface area (Å²) < 4.78 is 5.50. The number of hydrogen-bond donors (Lipinski definition) is 3. The highest BCUT2D eigenvalue weighted by Gasteiger charge is 2.23. The molecule has 126 valence electrons. The van der Waals surface area contributed by atoms with Gasteiger partial charge >= 0.3 is 0 Å². The third kappa shape index (κ3) is 5.49. The average molecular weight is 340 g/mol. The third-order valence-corrected chi connectivity index (χ3v) is 3.76. The number of amides is 2. The third-order valence-electron chi connectivity index (χ3n) is 3.76. The molecule has 1 saturated heterocycles. The van der Waals surface area contributed by atoms with Gasteiger partial charge in [0.15, 0.2) is 0 Å². The van der Waals surface area contributed by atoms with E-state index in [-0.39, 0.29) is 30.3 Å². The molecule has 2 fully saturated rings. The molecule has 3 rings (SSSR count). The summed E-state index contributed by atoms with van der Waals surface area (Å²) in [5, 5.41) is 8.96. The van der Waals surface area contributed by atoms with Gasteiger partial charge in [0.05, 0.1) is 19.1 Å². The van der Waals surface area contributed by atoms with E-state index in [9.17, 15) is 9.59 Å². The molecule has 2 amide bonds. The highest BCUT2D eigenvalue weighted by atomic mass is 35.5.